The lowest BCUT2D eigenvalue weighted by Gasteiger charge is -2.02. The van der Waals surface area contributed by atoms with E-state index in [1.165, 1.54) is 21.6 Å². The predicted octanol–water partition coefficient (Wildman–Crippen LogP) is 3.59. The van der Waals surface area contributed by atoms with Crippen molar-refractivity contribution in [1.82, 2.24) is 9.38 Å². The van der Waals surface area contributed by atoms with Gasteiger partial charge in [0.25, 0.3) is 0 Å². The number of rotatable bonds is 3. The molecular weight excluding hydrogens is 294 g/mol. The molecule has 0 unspecified atom stereocenters. The summed E-state index contributed by atoms with van der Waals surface area (Å²) in [6.45, 7) is 0. The highest BCUT2D eigenvalue weighted by Crippen LogP contribution is 2.34. The van der Waals surface area contributed by atoms with E-state index in [0.29, 0.717) is 5.69 Å². The van der Waals surface area contributed by atoms with Crippen LogP contribution in [0.2, 0.25) is 0 Å². The molecule has 0 saturated carbocycles. The Bertz CT molecular complexity index is 959. The summed E-state index contributed by atoms with van der Waals surface area (Å²) in [4.78, 5) is 27.1. The molecule has 2 heterocycles. The normalized spacial score (nSPS) is 13.2. The van der Waals surface area contributed by atoms with Crippen LogP contribution in [0.3, 0.4) is 0 Å². The average molecular weight is 307 g/mol. The molecule has 0 aliphatic heterocycles. The summed E-state index contributed by atoms with van der Waals surface area (Å²) >= 11 is 0. The van der Waals surface area contributed by atoms with E-state index in [2.05, 4.69) is 10.2 Å². The van der Waals surface area contributed by atoms with E-state index in [0.717, 1.165) is 24.8 Å². The number of nitrogens with zero attached hydrogens (tertiary/aromatic N) is 3. The van der Waals surface area contributed by atoms with Crippen molar-refractivity contribution in [3.8, 4) is 11.3 Å². The summed E-state index contributed by atoms with van der Waals surface area (Å²) in [6, 6.07) is 9.03. The van der Waals surface area contributed by atoms with Crippen molar-refractivity contribution < 1.29 is 9.90 Å². The second kappa shape index (κ2) is 5.01. The van der Waals surface area contributed by atoms with Gasteiger partial charge in [0.2, 0.25) is 5.82 Å². The van der Waals surface area contributed by atoms with E-state index in [1.54, 1.807) is 12.3 Å². The lowest BCUT2D eigenvalue weighted by molar-refractivity contribution is 0.0698. The van der Waals surface area contributed by atoms with E-state index in [-0.39, 0.29) is 17.0 Å². The molecule has 23 heavy (non-hydrogen) atoms. The molecule has 3 aromatic rings. The number of carbonyl (C=O) groups is 1. The largest absolute Gasteiger partial charge is 0.478 e. The SMILES string of the molecule is O=Nc1c(-c2ccc3c(c2)CCC3)nc2c(C(=O)O)cccn12. The number of benzene rings is 1. The van der Waals surface area contributed by atoms with Crippen molar-refractivity contribution in [1.29, 1.82) is 0 Å². The second-order valence-corrected chi connectivity index (χ2v) is 5.63. The smallest absolute Gasteiger partial charge is 0.339 e. The van der Waals surface area contributed by atoms with Crippen molar-refractivity contribution in [2.75, 3.05) is 0 Å². The quantitative estimate of drug-likeness (QED) is 0.749. The zero-order chi connectivity index (χ0) is 16.0. The second-order valence-electron chi connectivity index (χ2n) is 5.63. The van der Waals surface area contributed by atoms with Gasteiger partial charge in [-0.2, -0.15) is 0 Å². The molecule has 0 radical (unpaired) electrons. The molecule has 1 N–H and O–H groups in total. The number of fused-ring (bicyclic) bond motifs is 2. The van der Waals surface area contributed by atoms with E-state index >= 15 is 0 Å². The Morgan fingerprint density at radius 3 is 2.83 bits per heavy atom. The highest BCUT2D eigenvalue weighted by molar-refractivity contribution is 5.95. The number of carboxylic acid groups (broad SMARTS) is 1. The molecule has 1 aliphatic carbocycles. The summed E-state index contributed by atoms with van der Waals surface area (Å²) in [5, 5.41) is 12.4. The third-order valence-corrected chi connectivity index (χ3v) is 4.31. The zero-order valence-corrected chi connectivity index (χ0v) is 12.2. The van der Waals surface area contributed by atoms with Gasteiger partial charge >= 0.3 is 5.97 Å². The third kappa shape index (κ3) is 2.03. The van der Waals surface area contributed by atoms with Crippen LogP contribution in [0.5, 0.6) is 0 Å². The maximum Gasteiger partial charge on any atom is 0.339 e. The summed E-state index contributed by atoms with van der Waals surface area (Å²) in [5.41, 5.74) is 4.07. The molecule has 6 nitrogen and oxygen atoms in total. The molecule has 1 aromatic carbocycles. The van der Waals surface area contributed by atoms with Crippen LogP contribution in [-0.2, 0) is 12.8 Å². The highest BCUT2D eigenvalue weighted by Gasteiger charge is 2.20. The molecule has 6 heteroatoms. The fourth-order valence-electron chi connectivity index (χ4n) is 3.22. The summed E-state index contributed by atoms with van der Waals surface area (Å²) in [7, 11) is 0. The summed E-state index contributed by atoms with van der Waals surface area (Å²) in [5.74, 6) is -0.959. The molecule has 4 rings (SSSR count). The van der Waals surface area contributed by atoms with Crippen molar-refractivity contribution >= 4 is 17.4 Å². The van der Waals surface area contributed by atoms with Gasteiger partial charge in [-0.1, -0.05) is 12.1 Å². The van der Waals surface area contributed by atoms with Gasteiger partial charge in [-0.05, 0) is 53.8 Å². The number of carboxylic acids is 1. The molecule has 114 valence electrons. The maximum absolute atomic E-state index is 11.4. The Morgan fingerprint density at radius 1 is 1.22 bits per heavy atom. The monoisotopic (exact) mass is 307 g/mol. The molecule has 2 aromatic heterocycles. The molecule has 1 aliphatic rings. The lowest BCUT2D eigenvalue weighted by atomic mass is 10.0. The number of hydrogen-bond donors (Lipinski definition) is 1. The van der Waals surface area contributed by atoms with Crippen LogP contribution >= 0.6 is 0 Å². The lowest BCUT2D eigenvalue weighted by Crippen LogP contribution is -1.99. The molecule has 0 bridgehead atoms. The van der Waals surface area contributed by atoms with Gasteiger partial charge < -0.3 is 5.11 Å². The molecule has 0 spiro atoms. The van der Waals surface area contributed by atoms with E-state index in [4.69, 9.17) is 0 Å². The Balaban J connectivity index is 1.98. The topological polar surface area (TPSA) is 84.0 Å². The van der Waals surface area contributed by atoms with Gasteiger partial charge in [-0.3, -0.25) is 4.40 Å². The minimum absolute atomic E-state index is 0.0461. The molecular formula is C17H13N3O3. The molecule has 0 amide bonds. The minimum atomic E-state index is -1.08. The van der Waals surface area contributed by atoms with Crippen molar-refractivity contribution in [3.05, 3.63) is 58.1 Å². The van der Waals surface area contributed by atoms with Gasteiger partial charge in [0.1, 0.15) is 11.3 Å². The van der Waals surface area contributed by atoms with Gasteiger partial charge in [-0.25, -0.2) is 9.78 Å². The van der Waals surface area contributed by atoms with Gasteiger partial charge in [-0.15, -0.1) is 4.91 Å². The Morgan fingerprint density at radius 2 is 2.04 bits per heavy atom. The standard InChI is InChI=1S/C17H13N3O3/c21-17(22)13-5-2-8-20-15(13)18-14(16(20)19-23)12-7-6-10-3-1-4-11(10)9-12/h2,5-9H,1,3-4H2,(H,21,22). The molecule has 0 fully saturated rings. The number of aromatic nitrogens is 2. The molecule has 0 saturated heterocycles. The number of nitroso groups, excluding NO2 is 1. The Labute approximate surface area is 131 Å². The minimum Gasteiger partial charge on any atom is -0.478 e. The first-order chi connectivity index (χ1) is 11.2. The van der Waals surface area contributed by atoms with Crippen LogP contribution in [0, 0.1) is 4.91 Å². The van der Waals surface area contributed by atoms with E-state index in [1.807, 2.05) is 18.2 Å². The number of aryl methyl sites for hydroxylation is 2. The first-order valence-electron chi connectivity index (χ1n) is 7.39. The van der Waals surface area contributed by atoms with Crippen molar-refractivity contribution in [2.45, 2.75) is 19.3 Å². The highest BCUT2D eigenvalue weighted by atomic mass is 16.4. The summed E-state index contributed by atoms with van der Waals surface area (Å²) < 4.78 is 1.43. The molecule has 0 atom stereocenters. The number of imidazole rings is 1. The van der Waals surface area contributed by atoms with Crippen LogP contribution in [0.25, 0.3) is 16.9 Å². The average Bonchev–Trinajstić information content (AvgIpc) is 3.17. The first kappa shape index (κ1) is 13.6. The van der Waals surface area contributed by atoms with Crippen molar-refractivity contribution in [2.24, 2.45) is 5.18 Å². The van der Waals surface area contributed by atoms with E-state index < -0.39 is 5.97 Å². The first-order valence-corrected chi connectivity index (χ1v) is 7.39. The van der Waals surface area contributed by atoms with Crippen molar-refractivity contribution in [3.63, 3.8) is 0 Å². The number of pyridine rings is 1. The van der Waals surface area contributed by atoms with Crippen LogP contribution in [0.15, 0.2) is 41.7 Å². The third-order valence-electron chi connectivity index (χ3n) is 4.31. The number of aromatic carboxylic acids is 1. The Kier molecular flexibility index (Phi) is 2.97. The van der Waals surface area contributed by atoms with Crippen LogP contribution in [-0.4, -0.2) is 20.5 Å². The van der Waals surface area contributed by atoms with Crippen LogP contribution in [0.4, 0.5) is 5.82 Å². The zero-order valence-electron chi connectivity index (χ0n) is 12.2. The van der Waals surface area contributed by atoms with Crippen LogP contribution in [0.1, 0.15) is 27.9 Å². The van der Waals surface area contributed by atoms with Crippen LogP contribution < -0.4 is 0 Å². The maximum atomic E-state index is 11.4. The summed E-state index contributed by atoms with van der Waals surface area (Å²) in [6.07, 6.45) is 4.82. The fourth-order valence-corrected chi connectivity index (χ4v) is 3.22. The Hall–Kier alpha value is -3.02. The van der Waals surface area contributed by atoms with E-state index in [9.17, 15) is 14.8 Å². The van der Waals surface area contributed by atoms with Gasteiger partial charge in [0.05, 0.1) is 0 Å². The van der Waals surface area contributed by atoms with Gasteiger partial charge in [0, 0.05) is 11.8 Å². The predicted molar refractivity (Wildman–Crippen MR) is 85.1 cm³/mol. The fraction of sp³-hybridized carbons (Fsp3) is 0.176. The number of hydrogen-bond acceptors (Lipinski definition) is 4. The van der Waals surface area contributed by atoms with Gasteiger partial charge in [0.15, 0.2) is 5.65 Å².